The van der Waals surface area contributed by atoms with E-state index in [1.54, 1.807) is 54.9 Å². The standard InChI is InChI=1S/C19H16BrN5O3S2/c1-12-13(2)25(11-21-12)17-8-9-18(23-22-17)28-15-5-3-14(4-6-15)24-30(26,27)19-10-7-16(20)29-19/h3-11,24H,1-2H3. The van der Waals surface area contributed by atoms with Gasteiger partial charge in [0.05, 0.1) is 9.48 Å². The molecule has 8 nitrogen and oxygen atoms in total. The van der Waals surface area contributed by atoms with Crippen molar-refractivity contribution in [2.75, 3.05) is 4.72 Å². The van der Waals surface area contributed by atoms with Crippen molar-refractivity contribution in [1.82, 2.24) is 19.7 Å². The molecule has 3 heterocycles. The van der Waals surface area contributed by atoms with Gasteiger partial charge in [-0.2, -0.15) is 0 Å². The maximum absolute atomic E-state index is 12.4. The van der Waals surface area contributed by atoms with E-state index in [1.807, 2.05) is 18.4 Å². The van der Waals surface area contributed by atoms with Crippen LogP contribution in [0.2, 0.25) is 0 Å². The van der Waals surface area contributed by atoms with Crippen molar-refractivity contribution in [3.8, 4) is 17.4 Å². The lowest BCUT2D eigenvalue weighted by Gasteiger charge is -2.09. The summed E-state index contributed by atoms with van der Waals surface area (Å²) in [7, 11) is -3.63. The molecule has 1 N–H and O–H groups in total. The Hall–Kier alpha value is -2.76. The molecular formula is C19H16BrN5O3S2. The molecule has 4 rings (SSSR count). The number of hydrogen-bond donors (Lipinski definition) is 1. The van der Waals surface area contributed by atoms with Crippen LogP contribution in [-0.4, -0.2) is 28.2 Å². The Balaban J connectivity index is 1.44. The van der Waals surface area contributed by atoms with Crippen LogP contribution in [0.1, 0.15) is 11.4 Å². The Morgan fingerprint density at radius 2 is 1.80 bits per heavy atom. The second-order valence-corrected chi connectivity index (χ2v) is 10.7. The average Bonchev–Trinajstić information content (AvgIpc) is 3.31. The minimum Gasteiger partial charge on any atom is -0.438 e. The summed E-state index contributed by atoms with van der Waals surface area (Å²) in [6.45, 7) is 3.89. The predicted octanol–water partition coefficient (Wildman–Crippen LogP) is 4.70. The van der Waals surface area contributed by atoms with Gasteiger partial charge in [0.2, 0.25) is 5.88 Å². The number of nitrogens with zero attached hydrogens (tertiary/aromatic N) is 4. The van der Waals surface area contributed by atoms with Crippen LogP contribution in [0.5, 0.6) is 11.6 Å². The van der Waals surface area contributed by atoms with Crippen molar-refractivity contribution < 1.29 is 13.2 Å². The van der Waals surface area contributed by atoms with Crippen molar-refractivity contribution in [1.29, 1.82) is 0 Å². The molecule has 0 fully saturated rings. The van der Waals surface area contributed by atoms with Crippen LogP contribution in [0.25, 0.3) is 5.82 Å². The molecule has 1 aromatic carbocycles. The molecule has 3 aromatic heterocycles. The maximum atomic E-state index is 12.4. The summed E-state index contributed by atoms with van der Waals surface area (Å²) in [5, 5.41) is 8.26. The Kier molecular flexibility index (Phi) is 5.58. The lowest BCUT2D eigenvalue weighted by atomic mass is 10.3. The molecule has 0 unspecified atom stereocenters. The Labute approximate surface area is 185 Å². The van der Waals surface area contributed by atoms with Crippen molar-refractivity contribution >= 4 is 43.0 Å². The summed E-state index contributed by atoms with van der Waals surface area (Å²) in [6.07, 6.45) is 1.70. The van der Waals surface area contributed by atoms with Gasteiger partial charge >= 0.3 is 0 Å². The number of ether oxygens (including phenoxy) is 1. The Bertz CT molecular complexity index is 1280. The van der Waals surface area contributed by atoms with Crippen molar-refractivity contribution in [3.05, 3.63) is 70.0 Å². The molecule has 0 amide bonds. The first kappa shape index (κ1) is 20.5. The molecule has 154 valence electrons. The smallest absolute Gasteiger partial charge is 0.271 e. The Morgan fingerprint density at radius 3 is 2.37 bits per heavy atom. The van der Waals surface area contributed by atoms with Gasteiger partial charge in [0.25, 0.3) is 10.0 Å². The number of sulfonamides is 1. The highest BCUT2D eigenvalue weighted by Gasteiger charge is 2.16. The lowest BCUT2D eigenvalue weighted by Crippen LogP contribution is -2.11. The van der Waals surface area contributed by atoms with E-state index in [0.29, 0.717) is 23.1 Å². The monoisotopic (exact) mass is 505 g/mol. The highest BCUT2D eigenvalue weighted by molar-refractivity contribution is 9.11. The molecule has 0 atom stereocenters. The molecule has 0 aliphatic heterocycles. The zero-order chi connectivity index (χ0) is 21.3. The number of rotatable bonds is 6. The van der Waals surface area contributed by atoms with E-state index >= 15 is 0 Å². The average molecular weight is 506 g/mol. The second-order valence-electron chi connectivity index (χ2n) is 6.31. The molecule has 0 aliphatic rings. The fourth-order valence-electron chi connectivity index (χ4n) is 2.58. The van der Waals surface area contributed by atoms with Gasteiger partial charge in [0, 0.05) is 17.4 Å². The first-order valence-electron chi connectivity index (χ1n) is 8.72. The molecule has 30 heavy (non-hydrogen) atoms. The number of nitrogens with one attached hydrogen (secondary N) is 1. The number of benzene rings is 1. The van der Waals surface area contributed by atoms with E-state index < -0.39 is 10.0 Å². The quantitative estimate of drug-likeness (QED) is 0.407. The number of halogens is 1. The number of aromatic nitrogens is 4. The van der Waals surface area contributed by atoms with E-state index in [0.717, 1.165) is 26.5 Å². The van der Waals surface area contributed by atoms with Crippen molar-refractivity contribution in [3.63, 3.8) is 0 Å². The van der Waals surface area contributed by atoms with E-state index in [1.165, 1.54) is 0 Å². The third-order valence-electron chi connectivity index (χ3n) is 4.27. The predicted molar refractivity (Wildman–Crippen MR) is 118 cm³/mol. The fourth-order valence-corrected chi connectivity index (χ4v) is 5.65. The molecule has 0 aliphatic carbocycles. The third kappa shape index (κ3) is 4.37. The number of anilines is 1. The van der Waals surface area contributed by atoms with Crippen LogP contribution in [-0.2, 0) is 10.0 Å². The summed E-state index contributed by atoms with van der Waals surface area (Å²) >= 11 is 4.41. The van der Waals surface area contributed by atoms with Gasteiger partial charge in [-0.05, 0) is 72.2 Å². The fraction of sp³-hybridized carbons (Fsp3) is 0.105. The summed E-state index contributed by atoms with van der Waals surface area (Å²) in [5.41, 5.74) is 2.35. The number of aryl methyl sites for hydroxylation is 1. The first-order chi connectivity index (χ1) is 14.3. The molecular weight excluding hydrogens is 490 g/mol. The highest BCUT2D eigenvalue weighted by atomic mass is 79.9. The number of hydrogen-bond acceptors (Lipinski definition) is 7. The molecule has 0 saturated heterocycles. The van der Waals surface area contributed by atoms with Crippen LogP contribution in [0.15, 0.2) is 62.9 Å². The molecule has 4 aromatic rings. The van der Waals surface area contributed by atoms with Gasteiger partial charge in [-0.1, -0.05) is 0 Å². The van der Waals surface area contributed by atoms with Gasteiger partial charge in [-0.3, -0.25) is 9.29 Å². The molecule has 0 saturated carbocycles. The Morgan fingerprint density at radius 1 is 1.03 bits per heavy atom. The van der Waals surface area contributed by atoms with E-state index in [9.17, 15) is 8.42 Å². The van der Waals surface area contributed by atoms with E-state index in [2.05, 4.69) is 35.8 Å². The van der Waals surface area contributed by atoms with Crippen molar-refractivity contribution in [2.45, 2.75) is 18.1 Å². The molecule has 11 heteroatoms. The minimum absolute atomic E-state index is 0.230. The van der Waals surface area contributed by atoms with Crippen LogP contribution in [0.4, 0.5) is 5.69 Å². The van der Waals surface area contributed by atoms with E-state index in [-0.39, 0.29) is 4.21 Å². The summed E-state index contributed by atoms with van der Waals surface area (Å²) in [4.78, 5) is 4.25. The summed E-state index contributed by atoms with van der Waals surface area (Å²) in [5.74, 6) is 1.48. The lowest BCUT2D eigenvalue weighted by molar-refractivity contribution is 0.454. The SMILES string of the molecule is Cc1ncn(-c2ccc(Oc3ccc(NS(=O)(=O)c4ccc(Br)s4)cc3)nn2)c1C. The van der Waals surface area contributed by atoms with Gasteiger partial charge in [0.1, 0.15) is 16.3 Å². The number of imidazole rings is 1. The normalized spacial score (nSPS) is 11.4. The topological polar surface area (TPSA) is 99.0 Å². The summed E-state index contributed by atoms with van der Waals surface area (Å²) in [6, 6.07) is 13.3. The van der Waals surface area contributed by atoms with E-state index in [4.69, 9.17) is 4.74 Å². The van der Waals surface area contributed by atoms with Crippen LogP contribution < -0.4 is 9.46 Å². The van der Waals surface area contributed by atoms with Gasteiger partial charge in [-0.25, -0.2) is 13.4 Å². The van der Waals surface area contributed by atoms with Crippen molar-refractivity contribution in [2.24, 2.45) is 0 Å². The molecule has 0 spiro atoms. The van der Waals surface area contributed by atoms with Crippen LogP contribution in [0.3, 0.4) is 0 Å². The largest absolute Gasteiger partial charge is 0.438 e. The summed E-state index contributed by atoms with van der Waals surface area (Å²) < 4.78 is 35.8. The maximum Gasteiger partial charge on any atom is 0.271 e. The second kappa shape index (κ2) is 8.17. The van der Waals surface area contributed by atoms with Crippen LogP contribution in [0, 0.1) is 13.8 Å². The highest BCUT2D eigenvalue weighted by Crippen LogP contribution is 2.28. The first-order valence-corrected chi connectivity index (χ1v) is 11.8. The van der Waals surface area contributed by atoms with Gasteiger partial charge in [-0.15, -0.1) is 21.5 Å². The zero-order valence-corrected chi connectivity index (χ0v) is 19.1. The van der Waals surface area contributed by atoms with Gasteiger partial charge < -0.3 is 4.74 Å². The molecule has 0 bridgehead atoms. The molecule has 0 radical (unpaired) electrons. The number of thiophene rings is 1. The third-order valence-corrected chi connectivity index (χ3v) is 7.76. The zero-order valence-electron chi connectivity index (χ0n) is 15.9. The minimum atomic E-state index is -3.63. The van der Waals surface area contributed by atoms with Gasteiger partial charge in [0.15, 0.2) is 5.82 Å². The van der Waals surface area contributed by atoms with Crippen LogP contribution >= 0.6 is 27.3 Å².